The van der Waals surface area contributed by atoms with Crippen molar-refractivity contribution in [2.24, 2.45) is 0 Å². The van der Waals surface area contributed by atoms with Crippen molar-refractivity contribution < 1.29 is 15.3 Å². The van der Waals surface area contributed by atoms with Gasteiger partial charge in [0.1, 0.15) is 6.61 Å². The normalized spacial score (nSPS) is 14.5. The lowest BCUT2D eigenvalue weighted by Gasteiger charge is -1.95. The molecule has 6 heavy (non-hydrogen) atoms. The van der Waals surface area contributed by atoms with Crippen LogP contribution in [0.25, 0.3) is 0 Å². The molecule has 0 amide bonds. The average Bonchev–Trinajstić information content (AvgIpc) is 1.35. The molecular formula is C3H8O3. The predicted molar refractivity (Wildman–Crippen MR) is 20.3 cm³/mol. The Morgan fingerprint density at radius 1 is 1.83 bits per heavy atom. The minimum absolute atomic E-state index is 0.0139. The minimum atomic E-state index is -0.574. The van der Waals surface area contributed by atoms with E-state index in [1.54, 1.807) is 0 Å². The molecule has 0 radical (unpaired) electrons. The molecule has 3 nitrogen and oxygen atoms in total. The van der Waals surface area contributed by atoms with Crippen molar-refractivity contribution in [3.05, 3.63) is 0 Å². The SMILES string of the molecule is CC(O)COO. The lowest BCUT2D eigenvalue weighted by molar-refractivity contribution is -0.255. The van der Waals surface area contributed by atoms with E-state index in [1.807, 2.05) is 0 Å². The van der Waals surface area contributed by atoms with Gasteiger partial charge in [0.25, 0.3) is 0 Å². The molecule has 0 aromatic carbocycles. The van der Waals surface area contributed by atoms with E-state index in [-0.39, 0.29) is 6.61 Å². The topological polar surface area (TPSA) is 49.7 Å². The lowest BCUT2D eigenvalue weighted by atomic mass is 10.5. The highest BCUT2D eigenvalue weighted by Crippen LogP contribution is 1.75. The Morgan fingerprint density at radius 2 is 2.33 bits per heavy atom. The standard InChI is InChI=1S/C3H8O3/c1-3(4)2-6-5/h3-5H,2H2,1H3. The van der Waals surface area contributed by atoms with Crippen LogP contribution in [0.1, 0.15) is 6.92 Å². The zero-order valence-corrected chi connectivity index (χ0v) is 3.59. The molecule has 0 bridgehead atoms. The molecule has 3 heteroatoms. The van der Waals surface area contributed by atoms with E-state index in [0.717, 1.165) is 0 Å². The van der Waals surface area contributed by atoms with Crippen LogP contribution in [0.4, 0.5) is 0 Å². The molecule has 0 rings (SSSR count). The molecule has 0 saturated heterocycles. The van der Waals surface area contributed by atoms with Gasteiger partial charge in [0.2, 0.25) is 0 Å². The second kappa shape index (κ2) is 3.08. The van der Waals surface area contributed by atoms with E-state index in [4.69, 9.17) is 10.4 Å². The molecule has 0 saturated carbocycles. The van der Waals surface area contributed by atoms with Gasteiger partial charge in [-0.15, -0.1) is 0 Å². The molecule has 0 aliphatic rings. The fourth-order valence-electron chi connectivity index (χ4n) is 0.108. The van der Waals surface area contributed by atoms with Crippen LogP contribution in [0.2, 0.25) is 0 Å². The van der Waals surface area contributed by atoms with Gasteiger partial charge in [-0.05, 0) is 6.92 Å². The fraction of sp³-hybridized carbons (Fsp3) is 1.00. The van der Waals surface area contributed by atoms with Crippen molar-refractivity contribution in [1.82, 2.24) is 0 Å². The van der Waals surface area contributed by atoms with Gasteiger partial charge < -0.3 is 5.11 Å². The summed E-state index contributed by atoms with van der Waals surface area (Å²) in [6.07, 6.45) is -0.574. The van der Waals surface area contributed by atoms with Crippen LogP contribution >= 0.6 is 0 Å². The van der Waals surface area contributed by atoms with Crippen LogP contribution in [0.3, 0.4) is 0 Å². The molecule has 0 spiro atoms. The highest BCUT2D eigenvalue weighted by atomic mass is 17.1. The maximum Gasteiger partial charge on any atom is 0.108 e. The van der Waals surface area contributed by atoms with Gasteiger partial charge in [-0.3, -0.25) is 5.26 Å². The molecule has 0 aliphatic carbocycles. The van der Waals surface area contributed by atoms with Crippen molar-refractivity contribution in [2.45, 2.75) is 13.0 Å². The van der Waals surface area contributed by atoms with E-state index in [0.29, 0.717) is 0 Å². The zero-order chi connectivity index (χ0) is 4.99. The summed E-state index contributed by atoms with van der Waals surface area (Å²) in [4.78, 5) is 3.55. The van der Waals surface area contributed by atoms with Gasteiger partial charge >= 0.3 is 0 Å². The van der Waals surface area contributed by atoms with Crippen LogP contribution in [0, 0.1) is 0 Å². The third-order valence-electron chi connectivity index (χ3n) is 0.316. The number of aliphatic hydroxyl groups is 1. The average molecular weight is 92.1 g/mol. The van der Waals surface area contributed by atoms with Crippen molar-refractivity contribution in [3.63, 3.8) is 0 Å². The van der Waals surface area contributed by atoms with Gasteiger partial charge in [-0.2, -0.15) is 0 Å². The van der Waals surface area contributed by atoms with E-state index < -0.39 is 6.10 Å². The molecule has 0 heterocycles. The van der Waals surface area contributed by atoms with Crippen LogP contribution in [0.15, 0.2) is 0 Å². The first-order valence-corrected chi connectivity index (χ1v) is 1.72. The molecule has 38 valence electrons. The van der Waals surface area contributed by atoms with E-state index in [9.17, 15) is 0 Å². The third-order valence-corrected chi connectivity index (χ3v) is 0.316. The van der Waals surface area contributed by atoms with Crippen molar-refractivity contribution in [2.75, 3.05) is 6.61 Å². The first kappa shape index (κ1) is 5.88. The maximum absolute atomic E-state index is 8.27. The highest BCUT2D eigenvalue weighted by molar-refractivity contribution is 4.35. The summed E-state index contributed by atoms with van der Waals surface area (Å²) in [7, 11) is 0. The summed E-state index contributed by atoms with van der Waals surface area (Å²) >= 11 is 0. The van der Waals surface area contributed by atoms with Gasteiger partial charge in [-0.25, -0.2) is 4.89 Å². The van der Waals surface area contributed by atoms with Crippen LogP contribution < -0.4 is 0 Å². The molecule has 0 aromatic heterocycles. The second-order valence-corrected chi connectivity index (χ2v) is 1.14. The summed E-state index contributed by atoms with van der Waals surface area (Å²) in [5, 5.41) is 15.8. The zero-order valence-electron chi connectivity index (χ0n) is 3.59. The van der Waals surface area contributed by atoms with Gasteiger partial charge in [0, 0.05) is 0 Å². The third kappa shape index (κ3) is 3.88. The maximum atomic E-state index is 8.27. The predicted octanol–water partition coefficient (Wildman–Crippen LogP) is -0.143. The van der Waals surface area contributed by atoms with E-state index in [1.165, 1.54) is 6.92 Å². The van der Waals surface area contributed by atoms with E-state index >= 15 is 0 Å². The first-order valence-electron chi connectivity index (χ1n) is 1.72. The largest absolute Gasteiger partial charge is 0.391 e. The number of aliphatic hydroxyl groups excluding tert-OH is 1. The minimum Gasteiger partial charge on any atom is -0.391 e. The molecule has 2 N–H and O–H groups in total. The second-order valence-electron chi connectivity index (χ2n) is 1.14. The summed E-state index contributed by atoms with van der Waals surface area (Å²) in [5.74, 6) is 0. The number of hydrogen-bond donors (Lipinski definition) is 2. The Labute approximate surface area is 36.1 Å². The first-order chi connectivity index (χ1) is 2.77. The molecule has 1 atom stereocenters. The Morgan fingerprint density at radius 3 is 2.33 bits per heavy atom. The van der Waals surface area contributed by atoms with Gasteiger partial charge in [0.05, 0.1) is 6.10 Å². The molecular weight excluding hydrogens is 84.0 g/mol. The monoisotopic (exact) mass is 92.0 g/mol. The smallest absolute Gasteiger partial charge is 0.108 e. The van der Waals surface area contributed by atoms with Crippen molar-refractivity contribution >= 4 is 0 Å². The molecule has 0 fully saturated rings. The Bertz CT molecular complexity index is 27.2. The summed E-state index contributed by atoms with van der Waals surface area (Å²) in [6.45, 7) is 1.51. The van der Waals surface area contributed by atoms with Crippen LogP contribution in [-0.2, 0) is 4.89 Å². The molecule has 0 aromatic rings. The molecule has 1 unspecified atom stereocenters. The lowest BCUT2D eigenvalue weighted by Crippen LogP contribution is -2.07. The number of hydrogen-bond acceptors (Lipinski definition) is 3. The van der Waals surface area contributed by atoms with E-state index in [2.05, 4.69) is 4.89 Å². The summed E-state index contributed by atoms with van der Waals surface area (Å²) < 4.78 is 0. The van der Waals surface area contributed by atoms with Crippen molar-refractivity contribution in [1.29, 1.82) is 0 Å². The van der Waals surface area contributed by atoms with Crippen molar-refractivity contribution in [3.8, 4) is 0 Å². The quantitative estimate of drug-likeness (QED) is 0.368. The Kier molecular flexibility index (Phi) is 3.02. The highest BCUT2D eigenvalue weighted by Gasteiger charge is 1.89. The molecule has 0 aliphatic heterocycles. The van der Waals surface area contributed by atoms with Crippen LogP contribution in [0.5, 0.6) is 0 Å². The Hall–Kier alpha value is -0.120. The van der Waals surface area contributed by atoms with Gasteiger partial charge in [0.15, 0.2) is 0 Å². The summed E-state index contributed by atoms with van der Waals surface area (Å²) in [5.41, 5.74) is 0. The van der Waals surface area contributed by atoms with Crippen LogP contribution in [-0.4, -0.2) is 23.1 Å². The summed E-state index contributed by atoms with van der Waals surface area (Å²) in [6, 6.07) is 0. The number of rotatable bonds is 2. The Balaban J connectivity index is 2.63. The fourth-order valence-corrected chi connectivity index (χ4v) is 0.108. The van der Waals surface area contributed by atoms with Gasteiger partial charge in [-0.1, -0.05) is 0 Å².